The first kappa shape index (κ1) is 16.0. The molecule has 2 heteroatoms. The Kier molecular flexibility index (Phi) is 5.86. The van der Waals surface area contributed by atoms with Crippen LogP contribution in [0.3, 0.4) is 0 Å². The summed E-state index contributed by atoms with van der Waals surface area (Å²) in [5, 5.41) is 0. The molecule has 1 atom stereocenters. The normalized spacial score (nSPS) is 12.8. The molecule has 2 nitrogen and oxygen atoms in total. The molecule has 0 aliphatic heterocycles. The summed E-state index contributed by atoms with van der Waals surface area (Å²) >= 11 is 0. The van der Waals surface area contributed by atoms with Crippen molar-refractivity contribution in [1.29, 1.82) is 0 Å². The highest BCUT2D eigenvalue weighted by atomic mass is 16.5. The molecule has 0 amide bonds. The first-order chi connectivity index (χ1) is 8.93. The van der Waals surface area contributed by atoms with E-state index in [2.05, 4.69) is 40.7 Å². The van der Waals surface area contributed by atoms with Crippen LogP contribution >= 0.6 is 0 Å². The zero-order chi connectivity index (χ0) is 14.6. The third-order valence-corrected chi connectivity index (χ3v) is 4.19. The second kappa shape index (κ2) is 6.95. The van der Waals surface area contributed by atoms with E-state index in [0.717, 1.165) is 18.7 Å². The number of aryl methyl sites for hydroxylation is 1. The van der Waals surface area contributed by atoms with Gasteiger partial charge in [0.05, 0.1) is 7.11 Å². The summed E-state index contributed by atoms with van der Waals surface area (Å²) in [5.74, 6) is 2.26. The predicted molar refractivity (Wildman–Crippen MR) is 83.1 cm³/mol. The minimum atomic E-state index is 0.590. The van der Waals surface area contributed by atoms with Gasteiger partial charge in [0.25, 0.3) is 0 Å². The first-order valence-corrected chi connectivity index (χ1v) is 7.28. The van der Waals surface area contributed by atoms with Gasteiger partial charge in [-0.3, -0.25) is 0 Å². The third-order valence-electron chi connectivity index (χ3n) is 4.19. The Labute approximate surface area is 118 Å². The lowest BCUT2D eigenvalue weighted by atomic mass is 9.80. The Balaban J connectivity index is 3.24. The Morgan fingerprint density at radius 2 is 1.79 bits per heavy atom. The Bertz CT molecular complexity index is 424. The topological polar surface area (TPSA) is 35.2 Å². The SMILES string of the molecule is COc1c(C)cc(C(CCCN)C(C)C)c(C)c1C. The van der Waals surface area contributed by atoms with Crippen LogP contribution in [0.1, 0.15) is 54.9 Å². The van der Waals surface area contributed by atoms with Crippen molar-refractivity contribution in [2.75, 3.05) is 13.7 Å². The van der Waals surface area contributed by atoms with E-state index in [-0.39, 0.29) is 0 Å². The van der Waals surface area contributed by atoms with Crippen molar-refractivity contribution < 1.29 is 4.74 Å². The number of hydrogen-bond acceptors (Lipinski definition) is 2. The molecule has 1 unspecified atom stereocenters. The molecule has 0 aromatic heterocycles. The Morgan fingerprint density at radius 1 is 1.16 bits per heavy atom. The molecule has 0 aliphatic rings. The van der Waals surface area contributed by atoms with Gasteiger partial charge in [0, 0.05) is 0 Å². The van der Waals surface area contributed by atoms with E-state index in [1.54, 1.807) is 7.11 Å². The van der Waals surface area contributed by atoms with E-state index in [1.165, 1.54) is 28.7 Å². The predicted octanol–water partition coefficient (Wildman–Crippen LogP) is 4.10. The lowest BCUT2D eigenvalue weighted by molar-refractivity contribution is 0.406. The highest BCUT2D eigenvalue weighted by Crippen LogP contribution is 2.37. The summed E-state index contributed by atoms with van der Waals surface area (Å²) < 4.78 is 5.51. The fourth-order valence-corrected chi connectivity index (χ4v) is 2.97. The molecule has 0 spiro atoms. The maximum Gasteiger partial charge on any atom is 0.124 e. The molecule has 19 heavy (non-hydrogen) atoms. The van der Waals surface area contributed by atoms with Crippen LogP contribution in [-0.2, 0) is 0 Å². The quantitative estimate of drug-likeness (QED) is 0.838. The fraction of sp³-hybridized carbons (Fsp3) is 0.647. The molecule has 1 rings (SSSR count). The molecule has 1 aromatic carbocycles. The van der Waals surface area contributed by atoms with Crippen molar-refractivity contribution in [1.82, 2.24) is 0 Å². The second-order valence-corrected chi connectivity index (χ2v) is 5.85. The van der Waals surface area contributed by atoms with E-state index in [0.29, 0.717) is 11.8 Å². The number of nitrogens with two attached hydrogens (primary N) is 1. The van der Waals surface area contributed by atoms with Gasteiger partial charge >= 0.3 is 0 Å². The molecule has 0 bridgehead atoms. The van der Waals surface area contributed by atoms with Gasteiger partial charge in [-0.1, -0.05) is 19.9 Å². The molecule has 0 radical (unpaired) electrons. The zero-order valence-corrected chi connectivity index (χ0v) is 13.3. The van der Waals surface area contributed by atoms with E-state index < -0.39 is 0 Å². The van der Waals surface area contributed by atoms with Gasteiger partial charge in [-0.2, -0.15) is 0 Å². The zero-order valence-electron chi connectivity index (χ0n) is 13.3. The minimum absolute atomic E-state index is 0.590. The maximum absolute atomic E-state index is 5.68. The van der Waals surface area contributed by atoms with Gasteiger partial charge < -0.3 is 10.5 Å². The van der Waals surface area contributed by atoms with Crippen LogP contribution in [0.15, 0.2) is 6.07 Å². The summed E-state index contributed by atoms with van der Waals surface area (Å²) in [5.41, 5.74) is 11.0. The van der Waals surface area contributed by atoms with Gasteiger partial charge in [-0.25, -0.2) is 0 Å². The van der Waals surface area contributed by atoms with E-state index in [9.17, 15) is 0 Å². The molecule has 1 aromatic rings. The lowest BCUT2D eigenvalue weighted by Gasteiger charge is -2.26. The molecule has 0 heterocycles. The number of hydrogen-bond donors (Lipinski definition) is 1. The Morgan fingerprint density at radius 3 is 2.26 bits per heavy atom. The van der Waals surface area contributed by atoms with Crippen molar-refractivity contribution in [3.63, 3.8) is 0 Å². The first-order valence-electron chi connectivity index (χ1n) is 7.28. The largest absolute Gasteiger partial charge is 0.496 e. The molecule has 0 saturated carbocycles. The molecule has 0 fully saturated rings. The molecule has 2 N–H and O–H groups in total. The highest BCUT2D eigenvalue weighted by molar-refractivity contribution is 5.50. The van der Waals surface area contributed by atoms with Crippen LogP contribution in [0.4, 0.5) is 0 Å². The molecule has 0 aliphatic carbocycles. The summed E-state index contributed by atoms with van der Waals surface area (Å²) in [7, 11) is 1.75. The minimum Gasteiger partial charge on any atom is -0.496 e. The molecular formula is C17H29NO. The monoisotopic (exact) mass is 263 g/mol. The van der Waals surface area contributed by atoms with Gasteiger partial charge in [0.2, 0.25) is 0 Å². The lowest BCUT2D eigenvalue weighted by Crippen LogP contribution is -2.12. The van der Waals surface area contributed by atoms with Crippen LogP contribution in [0, 0.1) is 26.7 Å². The Hall–Kier alpha value is -1.02. The van der Waals surface area contributed by atoms with E-state index >= 15 is 0 Å². The number of methoxy groups -OCH3 is 1. The molecule has 0 saturated heterocycles. The summed E-state index contributed by atoms with van der Waals surface area (Å²) in [6, 6.07) is 2.31. The van der Waals surface area contributed by atoms with E-state index in [1.807, 2.05) is 0 Å². The maximum atomic E-state index is 5.68. The van der Waals surface area contributed by atoms with Crippen molar-refractivity contribution >= 4 is 0 Å². The van der Waals surface area contributed by atoms with Crippen LogP contribution in [0.2, 0.25) is 0 Å². The van der Waals surface area contributed by atoms with Crippen molar-refractivity contribution in [2.24, 2.45) is 11.7 Å². The smallest absolute Gasteiger partial charge is 0.124 e. The van der Waals surface area contributed by atoms with Crippen molar-refractivity contribution in [3.8, 4) is 5.75 Å². The van der Waals surface area contributed by atoms with Gasteiger partial charge in [-0.05, 0) is 74.2 Å². The average Bonchev–Trinajstić information content (AvgIpc) is 2.35. The fourth-order valence-electron chi connectivity index (χ4n) is 2.97. The average molecular weight is 263 g/mol. The van der Waals surface area contributed by atoms with Crippen LogP contribution in [-0.4, -0.2) is 13.7 Å². The number of rotatable bonds is 6. The third kappa shape index (κ3) is 3.50. The van der Waals surface area contributed by atoms with Gasteiger partial charge in [0.1, 0.15) is 5.75 Å². The summed E-state index contributed by atoms with van der Waals surface area (Å²) in [6.07, 6.45) is 2.26. The van der Waals surface area contributed by atoms with Crippen LogP contribution in [0.25, 0.3) is 0 Å². The summed E-state index contributed by atoms with van der Waals surface area (Å²) in [6.45, 7) is 11.9. The standard InChI is InChI=1S/C17H29NO/c1-11(2)15(8-7-9-18)16-10-12(3)17(19-6)14(5)13(16)4/h10-11,15H,7-9,18H2,1-6H3. The van der Waals surface area contributed by atoms with Crippen molar-refractivity contribution in [3.05, 3.63) is 28.3 Å². The van der Waals surface area contributed by atoms with Gasteiger partial charge in [0.15, 0.2) is 0 Å². The van der Waals surface area contributed by atoms with Crippen molar-refractivity contribution in [2.45, 2.75) is 53.4 Å². The van der Waals surface area contributed by atoms with Gasteiger partial charge in [-0.15, -0.1) is 0 Å². The molecule has 108 valence electrons. The second-order valence-electron chi connectivity index (χ2n) is 5.85. The number of benzene rings is 1. The van der Waals surface area contributed by atoms with E-state index in [4.69, 9.17) is 10.5 Å². The summed E-state index contributed by atoms with van der Waals surface area (Å²) in [4.78, 5) is 0. The van der Waals surface area contributed by atoms with Crippen LogP contribution in [0.5, 0.6) is 5.75 Å². The number of ether oxygens (including phenoxy) is 1. The highest BCUT2D eigenvalue weighted by Gasteiger charge is 2.20. The molecular weight excluding hydrogens is 234 g/mol. The van der Waals surface area contributed by atoms with Crippen LogP contribution < -0.4 is 10.5 Å².